The number of aromatic amines is 1. The zero-order chi connectivity index (χ0) is 9.52. The summed E-state index contributed by atoms with van der Waals surface area (Å²) in [6.45, 7) is 0.951. The third-order valence-corrected chi connectivity index (χ3v) is 1.67. The summed E-state index contributed by atoms with van der Waals surface area (Å²) in [5.74, 6) is -0.380. The summed E-state index contributed by atoms with van der Waals surface area (Å²) in [7, 11) is 0. The van der Waals surface area contributed by atoms with E-state index in [1.54, 1.807) is 6.08 Å². The third kappa shape index (κ3) is 5.37. The van der Waals surface area contributed by atoms with Crippen LogP contribution in [0.15, 0.2) is 30.9 Å². The van der Waals surface area contributed by atoms with Crippen LogP contribution in [0.2, 0.25) is 0 Å². The van der Waals surface area contributed by atoms with Gasteiger partial charge in [-0.05, 0) is 18.9 Å². The van der Waals surface area contributed by atoms with Gasteiger partial charge in [0.1, 0.15) is 12.4 Å². The monoisotopic (exact) mass is 215 g/mol. The average molecular weight is 216 g/mol. The number of halogens is 1. The van der Waals surface area contributed by atoms with Gasteiger partial charge in [-0.25, -0.2) is 4.57 Å². The van der Waals surface area contributed by atoms with Crippen LogP contribution in [-0.2, 0) is 11.3 Å². The topological polar surface area (TPSA) is 62.8 Å². The van der Waals surface area contributed by atoms with Crippen molar-refractivity contribution in [2.45, 2.75) is 19.4 Å². The van der Waals surface area contributed by atoms with Gasteiger partial charge in [0, 0.05) is 0 Å². The van der Waals surface area contributed by atoms with E-state index >= 15 is 0 Å². The fourth-order valence-electron chi connectivity index (χ4n) is 1.05. The van der Waals surface area contributed by atoms with Crippen molar-refractivity contribution in [2.75, 3.05) is 0 Å². The molecule has 0 aliphatic heterocycles. The number of amides is 1. The van der Waals surface area contributed by atoms with Crippen LogP contribution in [0.3, 0.4) is 0 Å². The molecule has 1 aromatic rings. The van der Waals surface area contributed by atoms with Crippen molar-refractivity contribution in [3.8, 4) is 0 Å². The first-order valence-corrected chi connectivity index (χ1v) is 4.27. The van der Waals surface area contributed by atoms with Crippen molar-refractivity contribution in [1.29, 1.82) is 0 Å². The lowest BCUT2D eigenvalue weighted by atomic mass is 10.3. The Balaban J connectivity index is 0.00000169. The number of unbranched alkanes of at least 4 members (excludes halogenated alkanes) is 1. The largest absolute Gasteiger partial charge is 1.00 e. The first-order valence-electron chi connectivity index (χ1n) is 4.27. The molecule has 1 aromatic heterocycles. The lowest BCUT2D eigenvalue weighted by Crippen LogP contribution is -3.00. The number of carbonyl (C=O) groups excluding carboxylic acids is 1. The quantitative estimate of drug-likeness (QED) is 0.310. The number of allylic oxidation sites excluding steroid dienone is 1. The molecule has 0 atom stereocenters. The number of nitrogens with zero attached hydrogens (tertiary/aromatic N) is 1. The van der Waals surface area contributed by atoms with Crippen molar-refractivity contribution in [3.63, 3.8) is 0 Å². The van der Waals surface area contributed by atoms with E-state index in [4.69, 9.17) is 5.73 Å². The molecule has 0 saturated carbocycles. The number of H-pyrrole nitrogens is 1. The van der Waals surface area contributed by atoms with Crippen LogP contribution in [0.5, 0.6) is 0 Å². The van der Waals surface area contributed by atoms with Crippen LogP contribution in [0.25, 0.3) is 0 Å². The second kappa shape index (κ2) is 7.15. The van der Waals surface area contributed by atoms with Gasteiger partial charge in [0.2, 0.25) is 12.2 Å². The summed E-state index contributed by atoms with van der Waals surface area (Å²) in [6, 6.07) is 0. The molecule has 3 N–H and O–H groups in total. The normalized spacial score (nSPS) is 10.0. The molecular weight excluding hydrogens is 202 g/mol. The van der Waals surface area contributed by atoms with Crippen molar-refractivity contribution in [3.05, 3.63) is 30.9 Å². The summed E-state index contributed by atoms with van der Waals surface area (Å²) < 4.78 is 2.05. The fraction of sp³-hybridized carbons (Fsp3) is 0.333. The minimum Gasteiger partial charge on any atom is -1.00 e. The van der Waals surface area contributed by atoms with Gasteiger partial charge in [0.25, 0.3) is 0 Å². The number of aryl methyl sites for hydroxylation is 1. The Labute approximate surface area is 89.2 Å². The zero-order valence-electron chi connectivity index (χ0n) is 7.82. The highest BCUT2D eigenvalue weighted by Crippen LogP contribution is 1.90. The Hall–Kier alpha value is -1.29. The van der Waals surface area contributed by atoms with Crippen molar-refractivity contribution in [2.24, 2.45) is 5.73 Å². The smallest absolute Gasteiger partial charge is 0.241 e. The highest BCUT2D eigenvalue weighted by atomic mass is 35.5. The highest BCUT2D eigenvalue weighted by Gasteiger charge is 1.94. The first kappa shape index (κ1) is 12.7. The second-order valence-corrected chi connectivity index (χ2v) is 2.80. The maximum absolute atomic E-state index is 10.3. The lowest BCUT2D eigenvalue weighted by molar-refractivity contribution is -0.695. The van der Waals surface area contributed by atoms with Gasteiger partial charge in [-0.15, -0.1) is 0 Å². The molecule has 0 aromatic carbocycles. The van der Waals surface area contributed by atoms with Crippen LogP contribution >= 0.6 is 0 Å². The number of primary amides is 1. The van der Waals surface area contributed by atoms with Gasteiger partial charge in [-0.2, -0.15) is 0 Å². The van der Waals surface area contributed by atoms with E-state index in [1.807, 2.05) is 18.7 Å². The van der Waals surface area contributed by atoms with E-state index < -0.39 is 0 Å². The summed E-state index contributed by atoms with van der Waals surface area (Å²) in [5, 5.41) is 0. The van der Waals surface area contributed by atoms with Crippen molar-refractivity contribution >= 4 is 5.91 Å². The van der Waals surface area contributed by atoms with Crippen LogP contribution in [0.1, 0.15) is 12.8 Å². The third-order valence-electron chi connectivity index (χ3n) is 1.67. The van der Waals surface area contributed by atoms with Gasteiger partial charge >= 0.3 is 0 Å². The number of hydrogen-bond acceptors (Lipinski definition) is 1. The molecule has 1 heterocycles. The van der Waals surface area contributed by atoms with Gasteiger partial charge in [-0.1, -0.05) is 6.08 Å². The Morgan fingerprint density at radius 3 is 2.93 bits per heavy atom. The number of aromatic nitrogens is 2. The van der Waals surface area contributed by atoms with Crippen molar-refractivity contribution < 1.29 is 21.8 Å². The minimum absolute atomic E-state index is 0. The average Bonchev–Trinajstić information content (AvgIpc) is 2.55. The highest BCUT2D eigenvalue weighted by molar-refractivity contribution is 5.85. The van der Waals surface area contributed by atoms with E-state index in [0.717, 1.165) is 19.4 Å². The number of carbonyl (C=O) groups is 1. The predicted molar refractivity (Wildman–Crippen MR) is 48.6 cm³/mol. The molecular formula is C9H14ClN3O. The molecule has 5 heteroatoms. The number of hydrogen-bond donors (Lipinski definition) is 2. The molecule has 0 fully saturated rings. The molecule has 14 heavy (non-hydrogen) atoms. The fourth-order valence-corrected chi connectivity index (χ4v) is 1.05. The molecule has 1 amide bonds. The zero-order valence-corrected chi connectivity index (χ0v) is 8.57. The molecule has 0 aliphatic rings. The Bertz CT molecular complexity index is 282. The van der Waals surface area contributed by atoms with Crippen LogP contribution in [0, 0.1) is 0 Å². The first-order chi connectivity index (χ1) is 6.29. The molecule has 0 radical (unpaired) electrons. The van der Waals surface area contributed by atoms with Gasteiger partial charge in [0.15, 0.2) is 0 Å². The Morgan fingerprint density at radius 1 is 1.57 bits per heavy atom. The van der Waals surface area contributed by atoms with E-state index in [0.29, 0.717) is 0 Å². The molecule has 0 bridgehead atoms. The summed E-state index contributed by atoms with van der Waals surface area (Å²) in [5.41, 5.74) is 4.93. The lowest BCUT2D eigenvalue weighted by Gasteiger charge is -1.91. The molecule has 1 rings (SSSR count). The maximum atomic E-state index is 10.3. The van der Waals surface area contributed by atoms with Gasteiger partial charge in [-0.3, -0.25) is 9.78 Å². The van der Waals surface area contributed by atoms with Crippen molar-refractivity contribution in [1.82, 2.24) is 4.98 Å². The Kier molecular flexibility index (Phi) is 6.49. The van der Waals surface area contributed by atoms with E-state index in [9.17, 15) is 4.79 Å². The standard InChI is InChI=1S/C9H13N3O.ClH/c10-9(13)4-2-1-3-6-12-7-5-11-8-12;/h2,4-5,7-8H,1,3,6H2,(H2,10,13);1H. The number of nitrogens with two attached hydrogens (primary N) is 1. The van der Waals surface area contributed by atoms with E-state index in [-0.39, 0.29) is 18.3 Å². The van der Waals surface area contributed by atoms with E-state index in [2.05, 4.69) is 9.55 Å². The maximum Gasteiger partial charge on any atom is 0.241 e. The second-order valence-electron chi connectivity index (χ2n) is 2.80. The predicted octanol–water partition coefficient (Wildman–Crippen LogP) is -2.87. The Morgan fingerprint density at radius 2 is 2.36 bits per heavy atom. The molecule has 78 valence electrons. The molecule has 0 saturated heterocycles. The van der Waals surface area contributed by atoms with Gasteiger partial charge in [0.05, 0.1) is 6.54 Å². The summed E-state index contributed by atoms with van der Waals surface area (Å²) in [6.07, 6.45) is 10.8. The van der Waals surface area contributed by atoms with Crippen LogP contribution in [0.4, 0.5) is 0 Å². The van der Waals surface area contributed by atoms with Crippen LogP contribution in [-0.4, -0.2) is 10.9 Å². The van der Waals surface area contributed by atoms with Crippen LogP contribution < -0.4 is 22.7 Å². The molecule has 4 nitrogen and oxygen atoms in total. The SMILES string of the molecule is NC(=O)C=CCCC[n+]1cc[nH]c1.[Cl-]. The minimum atomic E-state index is -0.380. The van der Waals surface area contributed by atoms with E-state index in [1.165, 1.54) is 6.08 Å². The summed E-state index contributed by atoms with van der Waals surface area (Å²) >= 11 is 0. The van der Waals surface area contributed by atoms with Gasteiger partial charge < -0.3 is 18.1 Å². The summed E-state index contributed by atoms with van der Waals surface area (Å²) in [4.78, 5) is 13.3. The molecule has 0 unspecified atom stereocenters. The number of imidazole rings is 1. The number of rotatable bonds is 5. The number of nitrogens with one attached hydrogen (secondary N) is 1. The molecule has 0 aliphatic carbocycles. The molecule has 0 spiro atoms.